The Morgan fingerprint density at radius 3 is 2.85 bits per heavy atom. The molecule has 2 N–H and O–H groups in total. The van der Waals surface area contributed by atoms with Gasteiger partial charge in [-0.1, -0.05) is 6.92 Å². The van der Waals surface area contributed by atoms with Gasteiger partial charge in [0.1, 0.15) is 0 Å². The van der Waals surface area contributed by atoms with Crippen LogP contribution in [0.2, 0.25) is 0 Å². The molecule has 0 saturated heterocycles. The van der Waals surface area contributed by atoms with Gasteiger partial charge in [-0.15, -0.1) is 0 Å². The third kappa shape index (κ3) is 2.58. The summed E-state index contributed by atoms with van der Waals surface area (Å²) >= 11 is 0. The minimum Gasteiger partial charge on any atom is -0.402 e. The minimum atomic E-state index is 0.790. The second kappa shape index (κ2) is 4.08. The van der Waals surface area contributed by atoms with Crippen molar-refractivity contribution in [3.8, 4) is 0 Å². The van der Waals surface area contributed by atoms with E-state index in [1.165, 1.54) is 11.1 Å². The summed E-state index contributed by atoms with van der Waals surface area (Å²) < 4.78 is 0. The molecule has 13 heavy (non-hydrogen) atoms. The van der Waals surface area contributed by atoms with Crippen LogP contribution < -0.4 is 5.73 Å². The Kier molecular flexibility index (Phi) is 3.07. The SMILES string of the molecule is CCc1cc(/C=C(/C)N)ncc1C. The second-order valence-corrected chi connectivity index (χ2v) is 3.28. The van der Waals surface area contributed by atoms with E-state index in [4.69, 9.17) is 5.73 Å². The maximum absolute atomic E-state index is 5.58. The Hall–Kier alpha value is -1.31. The highest BCUT2D eigenvalue weighted by Gasteiger charge is 1.97. The third-order valence-corrected chi connectivity index (χ3v) is 1.99. The maximum Gasteiger partial charge on any atom is 0.0649 e. The molecule has 0 amide bonds. The quantitative estimate of drug-likeness (QED) is 0.750. The molecule has 0 bridgehead atoms. The lowest BCUT2D eigenvalue weighted by atomic mass is 10.1. The van der Waals surface area contributed by atoms with Crippen LogP contribution in [0.15, 0.2) is 18.0 Å². The van der Waals surface area contributed by atoms with Gasteiger partial charge in [-0.25, -0.2) is 0 Å². The summed E-state index contributed by atoms with van der Waals surface area (Å²) in [5.74, 6) is 0. The average molecular weight is 176 g/mol. The Labute approximate surface area is 79.5 Å². The first-order valence-electron chi connectivity index (χ1n) is 4.52. The zero-order valence-corrected chi connectivity index (χ0v) is 8.46. The summed E-state index contributed by atoms with van der Waals surface area (Å²) in [6, 6.07) is 2.09. The molecule has 1 aromatic rings. The van der Waals surface area contributed by atoms with E-state index in [0.717, 1.165) is 17.8 Å². The highest BCUT2D eigenvalue weighted by molar-refractivity contribution is 5.49. The van der Waals surface area contributed by atoms with Crippen LogP contribution in [0.25, 0.3) is 6.08 Å². The first-order valence-corrected chi connectivity index (χ1v) is 4.52. The molecule has 0 aromatic carbocycles. The molecule has 0 spiro atoms. The summed E-state index contributed by atoms with van der Waals surface area (Å²) in [5.41, 5.74) is 9.89. The molecule has 1 aromatic heterocycles. The molecular formula is C11H16N2. The summed E-state index contributed by atoms with van der Waals surface area (Å²) in [7, 11) is 0. The second-order valence-electron chi connectivity index (χ2n) is 3.28. The van der Waals surface area contributed by atoms with Crippen LogP contribution in [0.3, 0.4) is 0 Å². The standard InChI is InChI=1S/C11H16N2/c1-4-10-6-11(5-9(3)12)13-7-8(10)2/h5-7H,4,12H2,1-3H3/b9-5-. The number of allylic oxidation sites excluding steroid dienone is 1. The number of aryl methyl sites for hydroxylation is 2. The van der Waals surface area contributed by atoms with E-state index in [1.54, 1.807) is 0 Å². The number of hydrogen-bond donors (Lipinski definition) is 1. The van der Waals surface area contributed by atoms with Crippen molar-refractivity contribution in [2.24, 2.45) is 5.73 Å². The normalized spacial score (nSPS) is 11.8. The fourth-order valence-electron chi connectivity index (χ4n) is 1.28. The number of hydrogen-bond acceptors (Lipinski definition) is 2. The van der Waals surface area contributed by atoms with Gasteiger partial charge in [-0.2, -0.15) is 0 Å². The largest absolute Gasteiger partial charge is 0.402 e. The van der Waals surface area contributed by atoms with E-state index in [2.05, 4.69) is 24.9 Å². The van der Waals surface area contributed by atoms with Crippen LogP contribution in [0.4, 0.5) is 0 Å². The van der Waals surface area contributed by atoms with Gasteiger partial charge in [-0.05, 0) is 43.5 Å². The van der Waals surface area contributed by atoms with Gasteiger partial charge >= 0.3 is 0 Å². The Balaban J connectivity index is 3.06. The lowest BCUT2D eigenvalue weighted by Crippen LogP contribution is -1.94. The predicted molar refractivity (Wildman–Crippen MR) is 56.2 cm³/mol. The maximum atomic E-state index is 5.58. The van der Waals surface area contributed by atoms with Crippen molar-refractivity contribution in [1.82, 2.24) is 4.98 Å². The molecule has 2 nitrogen and oxygen atoms in total. The third-order valence-electron chi connectivity index (χ3n) is 1.99. The molecule has 0 aliphatic carbocycles. The number of rotatable bonds is 2. The van der Waals surface area contributed by atoms with Crippen molar-refractivity contribution in [2.45, 2.75) is 27.2 Å². The van der Waals surface area contributed by atoms with Gasteiger partial charge in [-0.3, -0.25) is 4.98 Å². The van der Waals surface area contributed by atoms with E-state index >= 15 is 0 Å². The Morgan fingerprint density at radius 1 is 1.62 bits per heavy atom. The van der Waals surface area contributed by atoms with Gasteiger partial charge in [0.25, 0.3) is 0 Å². The van der Waals surface area contributed by atoms with Crippen LogP contribution in [0.5, 0.6) is 0 Å². The fraction of sp³-hybridized carbons (Fsp3) is 0.364. The molecule has 1 rings (SSSR count). The molecule has 0 radical (unpaired) electrons. The molecule has 1 heterocycles. The lowest BCUT2D eigenvalue weighted by Gasteiger charge is -2.03. The van der Waals surface area contributed by atoms with Gasteiger partial charge in [0.15, 0.2) is 0 Å². The van der Waals surface area contributed by atoms with Crippen molar-refractivity contribution < 1.29 is 0 Å². The van der Waals surface area contributed by atoms with E-state index in [-0.39, 0.29) is 0 Å². The Bertz CT molecular complexity index is 323. The molecule has 0 unspecified atom stereocenters. The van der Waals surface area contributed by atoms with Gasteiger partial charge in [0, 0.05) is 11.9 Å². The first-order chi connectivity index (χ1) is 6.13. The zero-order chi connectivity index (χ0) is 9.84. The summed E-state index contributed by atoms with van der Waals surface area (Å²) in [4.78, 5) is 4.27. The average Bonchev–Trinajstić information content (AvgIpc) is 2.07. The molecule has 0 aliphatic heterocycles. The van der Waals surface area contributed by atoms with Gasteiger partial charge in [0.05, 0.1) is 5.69 Å². The highest BCUT2D eigenvalue weighted by atomic mass is 14.7. The molecule has 0 aliphatic rings. The number of nitrogens with zero attached hydrogens (tertiary/aromatic N) is 1. The smallest absolute Gasteiger partial charge is 0.0649 e. The fourth-order valence-corrected chi connectivity index (χ4v) is 1.28. The number of pyridine rings is 1. The van der Waals surface area contributed by atoms with E-state index < -0.39 is 0 Å². The van der Waals surface area contributed by atoms with E-state index in [1.807, 2.05) is 19.2 Å². The molecule has 0 atom stereocenters. The van der Waals surface area contributed by atoms with E-state index in [0.29, 0.717) is 0 Å². The van der Waals surface area contributed by atoms with Crippen LogP contribution in [-0.2, 0) is 6.42 Å². The summed E-state index contributed by atoms with van der Waals surface area (Å²) in [6.07, 6.45) is 4.82. The molecule has 2 heteroatoms. The van der Waals surface area contributed by atoms with Gasteiger partial charge in [0.2, 0.25) is 0 Å². The predicted octanol–water partition coefficient (Wildman–Crippen LogP) is 2.27. The van der Waals surface area contributed by atoms with Crippen molar-refractivity contribution in [3.63, 3.8) is 0 Å². The van der Waals surface area contributed by atoms with Crippen molar-refractivity contribution in [3.05, 3.63) is 34.8 Å². The van der Waals surface area contributed by atoms with Gasteiger partial charge < -0.3 is 5.73 Å². The van der Waals surface area contributed by atoms with Crippen molar-refractivity contribution >= 4 is 6.08 Å². The molecule has 0 saturated carbocycles. The van der Waals surface area contributed by atoms with Crippen molar-refractivity contribution in [2.75, 3.05) is 0 Å². The first kappa shape index (κ1) is 9.78. The topological polar surface area (TPSA) is 38.9 Å². The van der Waals surface area contributed by atoms with E-state index in [9.17, 15) is 0 Å². The Morgan fingerprint density at radius 2 is 2.31 bits per heavy atom. The van der Waals surface area contributed by atoms with Crippen LogP contribution in [-0.4, -0.2) is 4.98 Å². The van der Waals surface area contributed by atoms with Crippen molar-refractivity contribution in [1.29, 1.82) is 0 Å². The molecule has 0 fully saturated rings. The monoisotopic (exact) mass is 176 g/mol. The molecule has 70 valence electrons. The summed E-state index contributed by atoms with van der Waals surface area (Å²) in [5, 5.41) is 0. The highest BCUT2D eigenvalue weighted by Crippen LogP contribution is 2.10. The number of aromatic nitrogens is 1. The van der Waals surface area contributed by atoms with Crippen LogP contribution >= 0.6 is 0 Å². The van der Waals surface area contributed by atoms with Crippen LogP contribution in [0, 0.1) is 6.92 Å². The zero-order valence-electron chi connectivity index (χ0n) is 8.46. The van der Waals surface area contributed by atoms with Crippen LogP contribution in [0.1, 0.15) is 30.7 Å². The lowest BCUT2D eigenvalue weighted by molar-refractivity contribution is 1.07. The molecular weight excluding hydrogens is 160 g/mol. The minimum absolute atomic E-state index is 0.790. The number of nitrogens with two attached hydrogens (primary N) is 1. The summed E-state index contributed by atoms with van der Waals surface area (Å²) in [6.45, 7) is 6.09.